The molecule has 0 aromatic heterocycles. The number of rotatable bonds is 5. The average molecular weight is 274 g/mol. The van der Waals surface area contributed by atoms with Gasteiger partial charge in [-0.1, -0.05) is 6.92 Å². The van der Waals surface area contributed by atoms with Gasteiger partial charge in [-0.05, 0) is 6.42 Å². The number of likely N-dealkylation sites (N-methyl/N-ethyl adjacent to an activating group) is 1. The predicted octanol–water partition coefficient (Wildman–Crippen LogP) is 2.17. The summed E-state index contributed by atoms with van der Waals surface area (Å²) in [4.78, 5) is 21.8. The van der Waals surface area contributed by atoms with Crippen molar-refractivity contribution in [1.82, 2.24) is 0 Å². The van der Waals surface area contributed by atoms with Gasteiger partial charge in [-0.3, -0.25) is 10.1 Å². The summed E-state index contributed by atoms with van der Waals surface area (Å²) < 4.78 is 26.6. The van der Waals surface area contributed by atoms with Crippen LogP contribution in [-0.2, 0) is 4.79 Å². The third-order valence-corrected chi connectivity index (χ3v) is 2.71. The largest absolute Gasteiger partial charge is 0.480 e. The zero-order chi connectivity index (χ0) is 14.7. The molecule has 0 aliphatic heterocycles. The van der Waals surface area contributed by atoms with Gasteiger partial charge < -0.3 is 10.0 Å². The molecule has 1 unspecified atom stereocenters. The van der Waals surface area contributed by atoms with Gasteiger partial charge in [0, 0.05) is 19.2 Å². The number of hydrogen-bond acceptors (Lipinski definition) is 4. The molecule has 6 nitrogen and oxygen atoms in total. The molecule has 1 aromatic rings. The molecule has 8 heteroatoms. The van der Waals surface area contributed by atoms with Crippen LogP contribution in [0.2, 0.25) is 0 Å². The minimum Gasteiger partial charge on any atom is -0.480 e. The van der Waals surface area contributed by atoms with Gasteiger partial charge >= 0.3 is 11.7 Å². The monoisotopic (exact) mass is 274 g/mol. The van der Waals surface area contributed by atoms with Gasteiger partial charge in [-0.15, -0.1) is 0 Å². The lowest BCUT2D eigenvalue weighted by Gasteiger charge is -2.25. The number of benzene rings is 1. The van der Waals surface area contributed by atoms with Gasteiger partial charge in [-0.25, -0.2) is 9.18 Å². The molecule has 1 rings (SSSR count). The topological polar surface area (TPSA) is 83.7 Å². The SMILES string of the molecule is CCC(C(=O)O)N(C)c1cc(F)cc(F)c1[N+](=O)[O-]. The van der Waals surface area contributed by atoms with E-state index in [-0.39, 0.29) is 6.42 Å². The summed E-state index contributed by atoms with van der Waals surface area (Å²) in [6.07, 6.45) is 0.126. The molecule has 0 saturated heterocycles. The average Bonchev–Trinajstić information content (AvgIpc) is 2.27. The lowest BCUT2D eigenvalue weighted by molar-refractivity contribution is -0.386. The Kier molecular flexibility index (Phi) is 4.36. The Labute approximate surface area is 107 Å². The molecule has 1 N–H and O–H groups in total. The number of carboxylic acids is 1. The van der Waals surface area contributed by atoms with Gasteiger partial charge in [0.1, 0.15) is 17.5 Å². The number of aliphatic carboxylic acids is 1. The summed E-state index contributed by atoms with van der Waals surface area (Å²) >= 11 is 0. The van der Waals surface area contributed by atoms with Gasteiger partial charge in [0.15, 0.2) is 0 Å². The van der Waals surface area contributed by atoms with Crippen LogP contribution in [0.3, 0.4) is 0 Å². The number of nitro groups is 1. The summed E-state index contributed by atoms with van der Waals surface area (Å²) in [5.74, 6) is -3.58. The first-order valence-corrected chi connectivity index (χ1v) is 5.38. The zero-order valence-electron chi connectivity index (χ0n) is 10.3. The van der Waals surface area contributed by atoms with Gasteiger partial charge in [-0.2, -0.15) is 4.39 Å². The molecule has 104 valence electrons. The van der Waals surface area contributed by atoms with Crippen molar-refractivity contribution in [3.8, 4) is 0 Å². The molecule has 0 aliphatic rings. The molecule has 0 saturated carbocycles. The number of nitrogens with zero attached hydrogens (tertiary/aromatic N) is 2. The highest BCUT2D eigenvalue weighted by Crippen LogP contribution is 2.32. The van der Waals surface area contributed by atoms with Crippen LogP contribution >= 0.6 is 0 Å². The summed E-state index contributed by atoms with van der Waals surface area (Å²) in [5.41, 5.74) is -1.35. The van der Waals surface area contributed by atoms with Crippen molar-refractivity contribution in [2.75, 3.05) is 11.9 Å². The third kappa shape index (κ3) is 2.95. The van der Waals surface area contributed by atoms with E-state index in [9.17, 15) is 23.7 Å². The number of carboxylic acid groups (broad SMARTS) is 1. The molecule has 0 heterocycles. The fraction of sp³-hybridized carbons (Fsp3) is 0.364. The summed E-state index contributed by atoms with van der Waals surface area (Å²) in [5, 5.41) is 19.8. The molecule has 1 aromatic carbocycles. The highest BCUT2D eigenvalue weighted by Gasteiger charge is 2.30. The van der Waals surface area contributed by atoms with Crippen molar-refractivity contribution in [3.63, 3.8) is 0 Å². The lowest BCUT2D eigenvalue weighted by Crippen LogP contribution is -2.38. The summed E-state index contributed by atoms with van der Waals surface area (Å²) in [6.45, 7) is 1.55. The van der Waals surface area contributed by atoms with Crippen molar-refractivity contribution < 1.29 is 23.6 Å². The van der Waals surface area contributed by atoms with Crippen LogP contribution in [0.4, 0.5) is 20.2 Å². The smallest absolute Gasteiger partial charge is 0.328 e. The Hall–Kier alpha value is -2.25. The molecule has 1 atom stereocenters. The normalized spacial score (nSPS) is 12.0. The van der Waals surface area contributed by atoms with Crippen LogP contribution in [0, 0.1) is 21.7 Å². The summed E-state index contributed by atoms with van der Waals surface area (Å²) in [7, 11) is 1.24. The van der Waals surface area contributed by atoms with E-state index in [0.717, 1.165) is 11.0 Å². The number of hydrogen-bond donors (Lipinski definition) is 1. The van der Waals surface area contributed by atoms with Crippen LogP contribution in [0.25, 0.3) is 0 Å². The number of nitro benzene ring substituents is 1. The Morgan fingerprint density at radius 3 is 2.53 bits per heavy atom. The van der Waals surface area contributed by atoms with Crippen LogP contribution < -0.4 is 4.90 Å². The Bertz CT molecular complexity index is 522. The highest BCUT2D eigenvalue weighted by atomic mass is 19.1. The predicted molar refractivity (Wildman–Crippen MR) is 63.1 cm³/mol. The molecular weight excluding hydrogens is 262 g/mol. The van der Waals surface area contributed by atoms with E-state index in [1.807, 2.05) is 0 Å². The fourth-order valence-corrected chi connectivity index (χ4v) is 1.78. The maximum absolute atomic E-state index is 13.4. The van der Waals surface area contributed by atoms with Crippen LogP contribution in [0.1, 0.15) is 13.3 Å². The second-order valence-electron chi connectivity index (χ2n) is 3.89. The standard InChI is InChI=1S/C11H12F2N2O4/c1-3-8(11(16)17)14(2)9-5-6(12)4-7(13)10(9)15(18)19/h4-5,8H,3H2,1-2H3,(H,16,17). The van der Waals surface area contributed by atoms with Crippen LogP contribution in [0.5, 0.6) is 0 Å². The molecule has 0 amide bonds. The zero-order valence-corrected chi connectivity index (χ0v) is 10.3. The first-order valence-electron chi connectivity index (χ1n) is 5.38. The first-order chi connectivity index (χ1) is 8.79. The first kappa shape index (κ1) is 14.8. The number of anilines is 1. The minimum absolute atomic E-state index is 0.126. The highest BCUT2D eigenvalue weighted by molar-refractivity contribution is 5.80. The maximum Gasteiger partial charge on any atom is 0.328 e. The van der Waals surface area contributed by atoms with Crippen LogP contribution in [0.15, 0.2) is 12.1 Å². The van der Waals surface area contributed by atoms with Crippen molar-refractivity contribution in [3.05, 3.63) is 33.9 Å². The van der Waals surface area contributed by atoms with E-state index >= 15 is 0 Å². The van der Waals surface area contributed by atoms with Crippen molar-refractivity contribution in [2.24, 2.45) is 0 Å². The van der Waals surface area contributed by atoms with Gasteiger partial charge in [0.2, 0.25) is 5.82 Å². The fourth-order valence-electron chi connectivity index (χ4n) is 1.78. The maximum atomic E-state index is 13.4. The molecule has 0 spiro atoms. The van der Waals surface area contributed by atoms with Crippen LogP contribution in [-0.4, -0.2) is 29.1 Å². The Morgan fingerprint density at radius 2 is 2.11 bits per heavy atom. The van der Waals surface area contributed by atoms with E-state index in [4.69, 9.17) is 5.11 Å². The quantitative estimate of drug-likeness (QED) is 0.657. The van der Waals surface area contributed by atoms with Crippen molar-refractivity contribution in [1.29, 1.82) is 0 Å². The molecule has 0 fully saturated rings. The second kappa shape index (κ2) is 5.59. The Balaban J connectivity index is 3.40. The second-order valence-corrected chi connectivity index (χ2v) is 3.89. The van der Waals surface area contributed by atoms with Crippen molar-refractivity contribution >= 4 is 17.3 Å². The molecule has 0 radical (unpaired) electrons. The number of carbonyl (C=O) groups is 1. The minimum atomic E-state index is -1.34. The van der Waals surface area contributed by atoms with E-state index in [2.05, 4.69) is 0 Å². The Morgan fingerprint density at radius 1 is 1.53 bits per heavy atom. The van der Waals surface area contributed by atoms with Crippen molar-refractivity contribution in [2.45, 2.75) is 19.4 Å². The van der Waals surface area contributed by atoms with E-state index in [1.54, 1.807) is 6.92 Å². The van der Waals surface area contributed by atoms with Gasteiger partial charge in [0.05, 0.1) is 4.92 Å². The molecular formula is C11H12F2N2O4. The lowest BCUT2D eigenvalue weighted by atomic mass is 10.1. The number of halogens is 2. The van der Waals surface area contributed by atoms with Gasteiger partial charge in [0.25, 0.3) is 0 Å². The molecule has 0 bridgehead atoms. The van der Waals surface area contributed by atoms with E-state index in [1.165, 1.54) is 7.05 Å². The molecule has 19 heavy (non-hydrogen) atoms. The summed E-state index contributed by atoms with van der Waals surface area (Å²) in [6, 6.07) is 0.0178. The van der Waals surface area contributed by atoms with E-state index in [0.29, 0.717) is 6.07 Å². The van der Waals surface area contributed by atoms with E-state index < -0.39 is 39.9 Å². The third-order valence-electron chi connectivity index (χ3n) is 2.71. The molecule has 0 aliphatic carbocycles.